The first-order valence-electron chi connectivity index (χ1n) is 7.43. The molecule has 3 aromatic rings. The number of ether oxygens (including phenoxy) is 1. The van der Waals surface area contributed by atoms with E-state index >= 15 is 0 Å². The number of aliphatic hydroxyl groups excluding tert-OH is 1. The van der Waals surface area contributed by atoms with Crippen molar-refractivity contribution in [1.82, 2.24) is 9.38 Å². The number of hydrogen-bond donors (Lipinski definition) is 1. The van der Waals surface area contributed by atoms with Gasteiger partial charge in [0.05, 0.1) is 25.1 Å². The maximum absolute atomic E-state index is 9.29. The van der Waals surface area contributed by atoms with Gasteiger partial charge in [0.25, 0.3) is 0 Å². The molecule has 0 atom stereocenters. The molecule has 0 fully saturated rings. The summed E-state index contributed by atoms with van der Waals surface area (Å²) < 4.78 is 7.42. The molecule has 0 radical (unpaired) electrons. The zero-order valence-electron chi connectivity index (χ0n) is 13.1. The lowest BCUT2D eigenvalue weighted by atomic mass is 10.1. The van der Waals surface area contributed by atoms with Gasteiger partial charge in [-0.2, -0.15) is 0 Å². The summed E-state index contributed by atoms with van der Waals surface area (Å²) >= 11 is 0. The van der Waals surface area contributed by atoms with Crippen LogP contribution >= 0.6 is 0 Å². The van der Waals surface area contributed by atoms with Crippen molar-refractivity contribution >= 4 is 5.65 Å². The number of pyridine rings is 1. The van der Waals surface area contributed by atoms with E-state index in [0.29, 0.717) is 0 Å². The van der Waals surface area contributed by atoms with Crippen LogP contribution < -0.4 is 4.74 Å². The highest BCUT2D eigenvalue weighted by Crippen LogP contribution is 2.29. The van der Waals surface area contributed by atoms with Gasteiger partial charge in [-0.15, -0.1) is 0 Å². The molecule has 0 aliphatic rings. The van der Waals surface area contributed by atoms with Crippen molar-refractivity contribution in [1.29, 1.82) is 0 Å². The fraction of sp³-hybridized carbons (Fsp3) is 0.278. The van der Waals surface area contributed by atoms with Crippen LogP contribution in [0.2, 0.25) is 0 Å². The average Bonchev–Trinajstić information content (AvgIpc) is 2.92. The molecule has 0 aliphatic heterocycles. The Bertz CT molecular complexity index is 821. The molecule has 114 valence electrons. The Morgan fingerprint density at radius 3 is 2.68 bits per heavy atom. The fourth-order valence-corrected chi connectivity index (χ4v) is 2.83. The predicted molar refractivity (Wildman–Crippen MR) is 87.2 cm³/mol. The maximum atomic E-state index is 9.29. The lowest BCUT2D eigenvalue weighted by Crippen LogP contribution is -1.94. The lowest BCUT2D eigenvalue weighted by molar-refractivity contribution is 0.282. The molecule has 2 aromatic heterocycles. The lowest BCUT2D eigenvalue weighted by Gasteiger charge is -2.07. The van der Waals surface area contributed by atoms with E-state index in [9.17, 15) is 5.11 Å². The van der Waals surface area contributed by atoms with Gasteiger partial charge in [0.1, 0.15) is 11.4 Å². The molecule has 2 heterocycles. The predicted octanol–water partition coefficient (Wildman–Crippen LogP) is 3.37. The summed E-state index contributed by atoms with van der Waals surface area (Å²) in [5.74, 6) is 0.883. The smallest absolute Gasteiger partial charge is 0.138 e. The van der Waals surface area contributed by atoms with Gasteiger partial charge in [-0.3, -0.25) is 0 Å². The molecule has 1 N–H and O–H groups in total. The van der Waals surface area contributed by atoms with Crippen LogP contribution in [-0.4, -0.2) is 21.6 Å². The number of benzene rings is 1. The van der Waals surface area contributed by atoms with E-state index in [2.05, 4.69) is 17.4 Å². The minimum absolute atomic E-state index is 0.0296. The van der Waals surface area contributed by atoms with Gasteiger partial charge in [-0.05, 0) is 54.8 Å². The topological polar surface area (TPSA) is 46.8 Å². The van der Waals surface area contributed by atoms with Crippen LogP contribution in [0.3, 0.4) is 0 Å². The van der Waals surface area contributed by atoms with Crippen molar-refractivity contribution in [2.45, 2.75) is 26.9 Å². The second-order valence-corrected chi connectivity index (χ2v) is 5.37. The third-order valence-electron chi connectivity index (χ3n) is 3.98. The number of aliphatic hydroxyl groups is 1. The third kappa shape index (κ3) is 2.35. The summed E-state index contributed by atoms with van der Waals surface area (Å²) in [6.45, 7) is 4.19. The fourth-order valence-electron chi connectivity index (χ4n) is 2.83. The zero-order valence-corrected chi connectivity index (χ0v) is 13.1. The number of fused-ring (bicyclic) bond motifs is 1. The van der Waals surface area contributed by atoms with Crippen LogP contribution in [0, 0.1) is 6.92 Å². The van der Waals surface area contributed by atoms with E-state index in [0.717, 1.165) is 40.2 Å². The Morgan fingerprint density at radius 1 is 1.23 bits per heavy atom. The molecule has 22 heavy (non-hydrogen) atoms. The first-order chi connectivity index (χ1) is 10.7. The van der Waals surface area contributed by atoms with E-state index in [4.69, 9.17) is 9.72 Å². The Kier molecular flexibility index (Phi) is 3.86. The van der Waals surface area contributed by atoms with Gasteiger partial charge in [0.15, 0.2) is 0 Å². The SMILES string of the molecule is CCc1c(-c2ccc(OC)c(C)c2)nc2cc(CO)ccn12. The Morgan fingerprint density at radius 2 is 2.05 bits per heavy atom. The van der Waals surface area contributed by atoms with Crippen LogP contribution in [0.4, 0.5) is 0 Å². The first-order valence-corrected chi connectivity index (χ1v) is 7.43. The number of hydrogen-bond acceptors (Lipinski definition) is 3. The van der Waals surface area contributed by atoms with E-state index in [1.54, 1.807) is 7.11 Å². The van der Waals surface area contributed by atoms with Gasteiger partial charge in [0, 0.05) is 11.8 Å². The molecule has 4 nitrogen and oxygen atoms in total. The minimum atomic E-state index is 0.0296. The van der Waals surface area contributed by atoms with E-state index in [1.807, 2.05) is 37.4 Å². The minimum Gasteiger partial charge on any atom is -0.496 e. The van der Waals surface area contributed by atoms with Crippen LogP contribution in [0.25, 0.3) is 16.9 Å². The molecule has 0 amide bonds. The summed E-state index contributed by atoms with van der Waals surface area (Å²) in [7, 11) is 1.68. The zero-order chi connectivity index (χ0) is 15.7. The Balaban J connectivity index is 2.19. The molecule has 4 heteroatoms. The summed E-state index contributed by atoms with van der Waals surface area (Å²) in [5, 5.41) is 9.29. The van der Waals surface area contributed by atoms with Gasteiger partial charge in [-0.25, -0.2) is 4.98 Å². The monoisotopic (exact) mass is 296 g/mol. The van der Waals surface area contributed by atoms with E-state index in [1.165, 1.54) is 5.69 Å². The van der Waals surface area contributed by atoms with Gasteiger partial charge < -0.3 is 14.2 Å². The van der Waals surface area contributed by atoms with Crippen LogP contribution in [0.15, 0.2) is 36.5 Å². The maximum Gasteiger partial charge on any atom is 0.138 e. The molecule has 0 unspecified atom stereocenters. The normalized spacial score (nSPS) is 11.1. The second-order valence-electron chi connectivity index (χ2n) is 5.37. The van der Waals surface area contributed by atoms with Crippen LogP contribution in [0.5, 0.6) is 5.75 Å². The van der Waals surface area contributed by atoms with Crippen molar-refractivity contribution < 1.29 is 9.84 Å². The standard InChI is InChI=1S/C18H20N2O2/c1-4-15-18(14-5-6-16(22-3)12(2)9-14)19-17-10-13(11-21)7-8-20(15)17/h5-10,21H,4,11H2,1-3H3. The van der Waals surface area contributed by atoms with E-state index in [-0.39, 0.29) is 6.61 Å². The van der Waals surface area contributed by atoms with Gasteiger partial charge in [-0.1, -0.05) is 6.92 Å². The molecule has 0 spiro atoms. The number of methoxy groups -OCH3 is 1. The molecule has 0 saturated heterocycles. The molecule has 0 saturated carbocycles. The summed E-state index contributed by atoms with van der Waals surface area (Å²) in [5.41, 5.74) is 6.08. The van der Waals surface area contributed by atoms with Crippen molar-refractivity contribution in [3.63, 3.8) is 0 Å². The van der Waals surface area contributed by atoms with Crippen molar-refractivity contribution in [3.05, 3.63) is 53.3 Å². The largest absolute Gasteiger partial charge is 0.496 e. The first kappa shape index (κ1) is 14.6. The highest BCUT2D eigenvalue weighted by atomic mass is 16.5. The number of aryl methyl sites for hydroxylation is 2. The highest BCUT2D eigenvalue weighted by Gasteiger charge is 2.14. The second kappa shape index (κ2) is 5.81. The van der Waals surface area contributed by atoms with Crippen molar-refractivity contribution in [2.75, 3.05) is 7.11 Å². The molecular weight excluding hydrogens is 276 g/mol. The number of aromatic nitrogens is 2. The summed E-state index contributed by atoms with van der Waals surface area (Å²) in [6, 6.07) is 9.98. The van der Waals surface area contributed by atoms with Crippen LogP contribution in [-0.2, 0) is 13.0 Å². The number of rotatable bonds is 4. The highest BCUT2D eigenvalue weighted by molar-refractivity contribution is 5.68. The van der Waals surface area contributed by atoms with Crippen molar-refractivity contribution in [3.8, 4) is 17.0 Å². The number of imidazole rings is 1. The summed E-state index contributed by atoms with van der Waals surface area (Å²) in [4.78, 5) is 4.77. The molecule has 0 bridgehead atoms. The summed E-state index contributed by atoms with van der Waals surface area (Å²) in [6.07, 6.45) is 2.87. The quantitative estimate of drug-likeness (QED) is 0.803. The van der Waals surface area contributed by atoms with Gasteiger partial charge >= 0.3 is 0 Å². The molecular formula is C18H20N2O2. The van der Waals surface area contributed by atoms with Gasteiger partial charge in [0.2, 0.25) is 0 Å². The van der Waals surface area contributed by atoms with E-state index < -0.39 is 0 Å². The van der Waals surface area contributed by atoms with Crippen LogP contribution in [0.1, 0.15) is 23.7 Å². The third-order valence-corrected chi connectivity index (χ3v) is 3.98. The van der Waals surface area contributed by atoms with Crippen molar-refractivity contribution in [2.24, 2.45) is 0 Å². The Hall–Kier alpha value is -2.33. The molecule has 0 aliphatic carbocycles. The Labute approximate surface area is 130 Å². The molecule has 3 rings (SSSR count). The number of nitrogens with zero attached hydrogens (tertiary/aromatic N) is 2. The average molecular weight is 296 g/mol. The molecule has 1 aromatic carbocycles.